The Bertz CT molecular complexity index is 546. The van der Waals surface area contributed by atoms with E-state index < -0.39 is 5.97 Å². The second-order valence-corrected chi connectivity index (χ2v) is 3.52. The van der Waals surface area contributed by atoms with Crippen molar-refractivity contribution in [1.82, 2.24) is 9.78 Å². The highest BCUT2D eigenvalue weighted by Gasteiger charge is 2.22. The molecule has 1 aromatic carbocycles. The van der Waals surface area contributed by atoms with Crippen molar-refractivity contribution in [3.63, 3.8) is 0 Å². The van der Waals surface area contributed by atoms with Gasteiger partial charge in [0.25, 0.3) is 0 Å². The van der Waals surface area contributed by atoms with Gasteiger partial charge >= 0.3 is 5.97 Å². The summed E-state index contributed by atoms with van der Waals surface area (Å²) in [6, 6.07) is 9.09. The fraction of sp³-hybridized carbons (Fsp3) is 0.167. The summed E-state index contributed by atoms with van der Waals surface area (Å²) in [5.74, 6) is -0.771. The third kappa shape index (κ3) is 1.87. The third-order valence-corrected chi connectivity index (χ3v) is 2.41. The number of hydrogen-bond donors (Lipinski definition) is 1. The molecule has 0 atom stereocenters. The number of ether oxygens (including phenoxy) is 1. The van der Waals surface area contributed by atoms with Gasteiger partial charge in [0.15, 0.2) is 11.4 Å². The SMILES string of the molecule is COC(=O)c1c(O)c(C)nn1-c1ccccc1. The van der Waals surface area contributed by atoms with Crippen molar-refractivity contribution in [2.24, 2.45) is 0 Å². The zero-order chi connectivity index (χ0) is 12.4. The van der Waals surface area contributed by atoms with Crippen LogP contribution in [0.3, 0.4) is 0 Å². The third-order valence-electron chi connectivity index (χ3n) is 2.41. The van der Waals surface area contributed by atoms with E-state index in [9.17, 15) is 9.90 Å². The van der Waals surface area contributed by atoms with E-state index in [2.05, 4.69) is 9.84 Å². The van der Waals surface area contributed by atoms with Crippen LogP contribution in [-0.2, 0) is 4.74 Å². The lowest BCUT2D eigenvalue weighted by Gasteiger charge is -2.05. The number of esters is 1. The zero-order valence-electron chi connectivity index (χ0n) is 9.54. The molecule has 0 unspecified atom stereocenters. The second kappa shape index (κ2) is 4.29. The highest BCUT2D eigenvalue weighted by Crippen LogP contribution is 2.24. The van der Waals surface area contributed by atoms with E-state index in [4.69, 9.17) is 0 Å². The quantitative estimate of drug-likeness (QED) is 0.800. The number of methoxy groups -OCH3 is 1. The molecule has 1 aromatic heterocycles. The first-order valence-corrected chi connectivity index (χ1v) is 5.07. The molecule has 0 amide bonds. The van der Waals surface area contributed by atoms with Crippen molar-refractivity contribution in [1.29, 1.82) is 0 Å². The molecule has 88 valence electrons. The maximum atomic E-state index is 11.6. The predicted octanol–water partition coefficient (Wildman–Crippen LogP) is 1.67. The van der Waals surface area contributed by atoms with E-state index in [0.29, 0.717) is 11.4 Å². The minimum atomic E-state index is -0.619. The summed E-state index contributed by atoms with van der Waals surface area (Å²) in [6.45, 7) is 1.63. The molecule has 5 nitrogen and oxygen atoms in total. The molecule has 0 radical (unpaired) electrons. The molecule has 0 aliphatic carbocycles. The summed E-state index contributed by atoms with van der Waals surface area (Å²) in [7, 11) is 1.26. The van der Waals surface area contributed by atoms with Gasteiger partial charge in [0.1, 0.15) is 5.69 Å². The molecule has 0 aliphatic rings. The van der Waals surface area contributed by atoms with Crippen LogP contribution in [-0.4, -0.2) is 28.0 Å². The lowest BCUT2D eigenvalue weighted by atomic mass is 10.3. The number of benzene rings is 1. The van der Waals surface area contributed by atoms with Gasteiger partial charge in [-0.3, -0.25) is 0 Å². The molecule has 0 bridgehead atoms. The average Bonchev–Trinajstić information content (AvgIpc) is 2.66. The Hall–Kier alpha value is -2.30. The number of nitrogens with zero attached hydrogens (tertiary/aromatic N) is 2. The van der Waals surface area contributed by atoms with Crippen molar-refractivity contribution in [3.8, 4) is 11.4 Å². The normalized spacial score (nSPS) is 10.2. The summed E-state index contributed by atoms with van der Waals surface area (Å²) in [5, 5.41) is 13.9. The van der Waals surface area contributed by atoms with Gasteiger partial charge in [0, 0.05) is 0 Å². The smallest absolute Gasteiger partial charge is 0.360 e. The molecule has 0 spiro atoms. The minimum absolute atomic E-state index is 0.0381. The van der Waals surface area contributed by atoms with Gasteiger partial charge in [-0.2, -0.15) is 5.10 Å². The van der Waals surface area contributed by atoms with Crippen molar-refractivity contribution in [2.45, 2.75) is 6.92 Å². The van der Waals surface area contributed by atoms with E-state index in [0.717, 1.165) is 0 Å². The summed E-state index contributed by atoms with van der Waals surface area (Å²) in [6.07, 6.45) is 0. The van der Waals surface area contributed by atoms with E-state index in [-0.39, 0.29) is 11.4 Å². The number of carbonyl (C=O) groups is 1. The predicted molar refractivity (Wildman–Crippen MR) is 61.3 cm³/mol. The number of para-hydroxylation sites is 1. The van der Waals surface area contributed by atoms with Crippen LogP contribution >= 0.6 is 0 Å². The van der Waals surface area contributed by atoms with E-state index in [1.807, 2.05) is 18.2 Å². The molecule has 17 heavy (non-hydrogen) atoms. The summed E-state index contributed by atoms with van der Waals surface area (Å²) >= 11 is 0. The number of hydrogen-bond acceptors (Lipinski definition) is 4. The van der Waals surface area contributed by atoms with Crippen LogP contribution in [0.5, 0.6) is 5.75 Å². The second-order valence-electron chi connectivity index (χ2n) is 3.52. The lowest BCUT2D eigenvalue weighted by Crippen LogP contribution is -2.10. The molecular weight excluding hydrogens is 220 g/mol. The molecule has 5 heteroatoms. The lowest BCUT2D eigenvalue weighted by molar-refractivity contribution is 0.0587. The number of rotatable bonds is 2. The molecule has 0 saturated heterocycles. The Labute approximate surface area is 98.3 Å². The molecule has 2 aromatic rings. The summed E-state index contributed by atoms with van der Waals surface area (Å²) in [5.41, 5.74) is 1.11. The number of carbonyl (C=O) groups excluding carboxylic acids is 1. The highest BCUT2D eigenvalue weighted by molar-refractivity contribution is 5.91. The molecule has 0 fully saturated rings. The Morgan fingerprint density at radius 1 is 1.35 bits per heavy atom. The van der Waals surface area contributed by atoms with Gasteiger partial charge in [-0.25, -0.2) is 9.48 Å². The number of aromatic nitrogens is 2. The van der Waals surface area contributed by atoms with Crippen LogP contribution in [0.25, 0.3) is 5.69 Å². The van der Waals surface area contributed by atoms with Gasteiger partial charge in [0.05, 0.1) is 12.8 Å². The Morgan fingerprint density at radius 3 is 2.59 bits per heavy atom. The van der Waals surface area contributed by atoms with E-state index in [1.165, 1.54) is 11.8 Å². The van der Waals surface area contributed by atoms with E-state index >= 15 is 0 Å². The summed E-state index contributed by atoms with van der Waals surface area (Å²) < 4.78 is 6.00. The van der Waals surface area contributed by atoms with Crippen molar-refractivity contribution >= 4 is 5.97 Å². The topological polar surface area (TPSA) is 64.3 Å². The van der Waals surface area contributed by atoms with Crippen LogP contribution in [0, 0.1) is 6.92 Å². The first-order chi connectivity index (χ1) is 8.15. The fourth-order valence-corrected chi connectivity index (χ4v) is 1.55. The number of aryl methyl sites for hydroxylation is 1. The molecule has 1 heterocycles. The Balaban J connectivity index is 2.62. The minimum Gasteiger partial charge on any atom is -0.504 e. The molecule has 2 rings (SSSR count). The molecule has 1 N–H and O–H groups in total. The van der Waals surface area contributed by atoms with Gasteiger partial charge in [-0.15, -0.1) is 0 Å². The van der Waals surface area contributed by atoms with Crippen molar-refractivity contribution in [3.05, 3.63) is 41.7 Å². The van der Waals surface area contributed by atoms with Gasteiger partial charge in [-0.05, 0) is 19.1 Å². The maximum absolute atomic E-state index is 11.6. The summed E-state index contributed by atoms with van der Waals surface area (Å²) in [4.78, 5) is 11.6. The monoisotopic (exact) mass is 232 g/mol. The van der Waals surface area contributed by atoms with Crippen LogP contribution in [0.4, 0.5) is 0 Å². The Morgan fingerprint density at radius 2 is 2.00 bits per heavy atom. The van der Waals surface area contributed by atoms with E-state index in [1.54, 1.807) is 19.1 Å². The molecule has 0 saturated carbocycles. The number of aromatic hydroxyl groups is 1. The van der Waals surface area contributed by atoms with Gasteiger partial charge in [-0.1, -0.05) is 18.2 Å². The van der Waals surface area contributed by atoms with Crippen LogP contribution in [0.2, 0.25) is 0 Å². The maximum Gasteiger partial charge on any atom is 0.360 e. The van der Waals surface area contributed by atoms with Gasteiger partial charge < -0.3 is 9.84 Å². The Kier molecular flexibility index (Phi) is 2.82. The fourth-order valence-electron chi connectivity index (χ4n) is 1.55. The standard InChI is InChI=1S/C12H12N2O3/c1-8-11(15)10(12(16)17-2)14(13-8)9-6-4-3-5-7-9/h3-7,15H,1-2H3. The van der Waals surface area contributed by atoms with Crippen LogP contribution in [0.15, 0.2) is 30.3 Å². The molecule has 0 aliphatic heterocycles. The average molecular weight is 232 g/mol. The first kappa shape index (κ1) is 11.2. The van der Waals surface area contributed by atoms with Gasteiger partial charge in [0.2, 0.25) is 0 Å². The molecular formula is C12H12N2O3. The zero-order valence-corrected chi connectivity index (χ0v) is 9.54. The largest absolute Gasteiger partial charge is 0.504 e. The van der Waals surface area contributed by atoms with Crippen molar-refractivity contribution in [2.75, 3.05) is 7.11 Å². The van der Waals surface area contributed by atoms with Crippen LogP contribution < -0.4 is 0 Å². The van der Waals surface area contributed by atoms with Crippen molar-refractivity contribution < 1.29 is 14.6 Å². The van der Waals surface area contributed by atoms with Crippen LogP contribution in [0.1, 0.15) is 16.2 Å². The first-order valence-electron chi connectivity index (χ1n) is 5.07. The highest BCUT2D eigenvalue weighted by atomic mass is 16.5.